The summed E-state index contributed by atoms with van der Waals surface area (Å²) < 4.78 is 0. The van der Waals surface area contributed by atoms with E-state index in [9.17, 15) is 4.79 Å². The zero-order valence-corrected chi connectivity index (χ0v) is 6.87. The molecule has 1 aromatic rings. The number of benzene rings is 1. The molecule has 0 aromatic heterocycles. The molecule has 0 aliphatic carbocycles. The number of rotatable bonds is 0. The van der Waals surface area contributed by atoms with Crippen molar-refractivity contribution < 1.29 is 4.79 Å². The van der Waals surface area contributed by atoms with Gasteiger partial charge in [-0.1, -0.05) is 12.1 Å². The van der Waals surface area contributed by atoms with Gasteiger partial charge in [-0.05, 0) is 24.1 Å². The van der Waals surface area contributed by atoms with E-state index in [2.05, 4.69) is 0 Å². The average Bonchev–Trinajstić information content (AvgIpc) is 2.32. The van der Waals surface area contributed by atoms with Gasteiger partial charge in [-0.3, -0.25) is 4.79 Å². The van der Waals surface area contributed by atoms with Crippen molar-refractivity contribution in [3.8, 4) is 0 Å². The molecule has 0 fully saturated rings. The van der Waals surface area contributed by atoms with E-state index in [4.69, 9.17) is 7.98 Å². The lowest BCUT2D eigenvalue weighted by molar-refractivity contribution is 0.0880. The maximum absolute atomic E-state index is 11.3. The summed E-state index contributed by atoms with van der Waals surface area (Å²) in [5.74, 6) is -0.0753. The largest absolute Gasteiger partial charge is 0.389 e. The van der Waals surface area contributed by atoms with Gasteiger partial charge in [0.1, 0.15) is 0 Å². The van der Waals surface area contributed by atoms with Gasteiger partial charge in [-0.2, -0.15) is 0 Å². The second-order valence-electron chi connectivity index (χ2n) is 3.03. The maximum atomic E-state index is 11.3. The minimum Gasteiger partial charge on any atom is -0.389 e. The van der Waals surface area contributed by atoms with Gasteiger partial charge in [0.05, 0.1) is 0 Å². The molecule has 1 amide bonds. The fourth-order valence-electron chi connectivity index (χ4n) is 1.51. The summed E-state index contributed by atoms with van der Waals surface area (Å²) in [4.78, 5) is 12.6. The lowest BCUT2D eigenvalue weighted by Crippen LogP contribution is -2.19. The van der Waals surface area contributed by atoms with Crippen LogP contribution in [-0.4, -0.2) is 18.7 Å². The standard InChI is InChI=1S/C9H8BNO/c1-6-3-2-4-7-8(6)5-11(10)9(7)12/h2-4H,5H2,1H3. The number of hydrogen-bond acceptors (Lipinski definition) is 1. The van der Waals surface area contributed by atoms with Gasteiger partial charge in [0, 0.05) is 12.1 Å². The highest BCUT2D eigenvalue weighted by Crippen LogP contribution is 2.23. The van der Waals surface area contributed by atoms with Crippen LogP contribution >= 0.6 is 0 Å². The molecule has 2 radical (unpaired) electrons. The van der Waals surface area contributed by atoms with E-state index in [1.165, 1.54) is 4.81 Å². The van der Waals surface area contributed by atoms with E-state index in [1.54, 1.807) is 0 Å². The van der Waals surface area contributed by atoms with Crippen molar-refractivity contribution in [2.75, 3.05) is 0 Å². The molecule has 1 aromatic carbocycles. The van der Waals surface area contributed by atoms with Crippen molar-refractivity contribution >= 4 is 13.9 Å². The summed E-state index contributed by atoms with van der Waals surface area (Å²) in [6.07, 6.45) is 0. The van der Waals surface area contributed by atoms with E-state index in [-0.39, 0.29) is 5.91 Å². The number of nitrogens with zero attached hydrogens (tertiary/aromatic N) is 1. The molecule has 2 rings (SSSR count). The number of hydrogen-bond donors (Lipinski definition) is 0. The maximum Gasteiger partial charge on any atom is 0.241 e. The van der Waals surface area contributed by atoms with E-state index in [0.717, 1.165) is 16.7 Å². The molecule has 1 aliphatic heterocycles. The van der Waals surface area contributed by atoms with Gasteiger partial charge in [0.25, 0.3) is 0 Å². The van der Waals surface area contributed by atoms with Crippen LogP contribution in [0.15, 0.2) is 18.2 Å². The number of carbonyl (C=O) groups excluding carboxylic acids is 1. The summed E-state index contributed by atoms with van der Waals surface area (Å²) >= 11 is 0. The monoisotopic (exact) mass is 157 g/mol. The first kappa shape index (κ1) is 7.41. The van der Waals surface area contributed by atoms with Crippen molar-refractivity contribution in [2.45, 2.75) is 13.5 Å². The fraction of sp³-hybridized carbons (Fsp3) is 0.222. The first-order chi connectivity index (χ1) is 5.70. The van der Waals surface area contributed by atoms with Crippen LogP contribution in [0.25, 0.3) is 0 Å². The lowest BCUT2D eigenvalue weighted by atomic mass is 10.1. The predicted molar refractivity (Wildman–Crippen MR) is 46.8 cm³/mol. The molecule has 58 valence electrons. The van der Waals surface area contributed by atoms with E-state index in [1.807, 2.05) is 25.1 Å². The molecule has 2 nitrogen and oxygen atoms in total. The Hall–Kier alpha value is -1.25. The quantitative estimate of drug-likeness (QED) is 0.515. The third-order valence-corrected chi connectivity index (χ3v) is 2.23. The first-order valence-electron chi connectivity index (χ1n) is 3.85. The average molecular weight is 157 g/mol. The predicted octanol–water partition coefficient (Wildman–Crippen LogP) is 1.03. The molecule has 1 heterocycles. The van der Waals surface area contributed by atoms with Gasteiger partial charge in [-0.25, -0.2) is 0 Å². The van der Waals surface area contributed by atoms with Crippen molar-refractivity contribution in [1.82, 2.24) is 4.81 Å². The summed E-state index contributed by atoms with van der Waals surface area (Å²) in [5.41, 5.74) is 2.94. The van der Waals surface area contributed by atoms with Crippen LogP contribution in [0.1, 0.15) is 21.5 Å². The highest BCUT2D eigenvalue weighted by Gasteiger charge is 2.24. The van der Waals surface area contributed by atoms with E-state index < -0.39 is 0 Å². The summed E-state index contributed by atoms with van der Waals surface area (Å²) in [5, 5.41) is 0. The van der Waals surface area contributed by atoms with Crippen molar-refractivity contribution in [3.63, 3.8) is 0 Å². The Balaban J connectivity index is 2.61. The molecular formula is C9H8BNO. The zero-order valence-electron chi connectivity index (χ0n) is 6.87. The first-order valence-corrected chi connectivity index (χ1v) is 3.85. The highest BCUT2D eigenvalue weighted by molar-refractivity contribution is 6.20. The van der Waals surface area contributed by atoms with Crippen LogP contribution in [0.4, 0.5) is 0 Å². The van der Waals surface area contributed by atoms with Crippen LogP contribution in [0.5, 0.6) is 0 Å². The van der Waals surface area contributed by atoms with Gasteiger partial charge in [-0.15, -0.1) is 0 Å². The molecule has 0 saturated heterocycles. The number of amides is 1. The second kappa shape index (κ2) is 2.37. The Labute approximate surface area is 72.6 Å². The van der Waals surface area contributed by atoms with E-state index >= 15 is 0 Å². The summed E-state index contributed by atoms with van der Waals surface area (Å²) in [6.45, 7) is 2.53. The molecule has 1 aliphatic rings. The van der Waals surface area contributed by atoms with Crippen LogP contribution in [0.3, 0.4) is 0 Å². The molecule has 12 heavy (non-hydrogen) atoms. The third kappa shape index (κ3) is 0.859. The van der Waals surface area contributed by atoms with Gasteiger partial charge >= 0.3 is 0 Å². The van der Waals surface area contributed by atoms with Crippen molar-refractivity contribution in [1.29, 1.82) is 0 Å². The normalized spacial score (nSPS) is 15.1. The number of aryl methyl sites for hydroxylation is 1. The van der Waals surface area contributed by atoms with Crippen LogP contribution in [0, 0.1) is 6.92 Å². The van der Waals surface area contributed by atoms with Gasteiger partial charge in [0.2, 0.25) is 13.9 Å². The summed E-state index contributed by atoms with van der Waals surface area (Å²) in [6, 6.07) is 5.69. The Morgan fingerprint density at radius 1 is 1.50 bits per heavy atom. The molecule has 0 spiro atoms. The van der Waals surface area contributed by atoms with Crippen molar-refractivity contribution in [2.24, 2.45) is 0 Å². The molecule has 0 unspecified atom stereocenters. The smallest absolute Gasteiger partial charge is 0.241 e. The number of fused-ring (bicyclic) bond motifs is 1. The van der Waals surface area contributed by atoms with Crippen LogP contribution < -0.4 is 0 Å². The Kier molecular flexibility index (Phi) is 1.46. The summed E-state index contributed by atoms with van der Waals surface area (Å²) in [7, 11) is 5.48. The van der Waals surface area contributed by atoms with Gasteiger partial charge < -0.3 is 4.81 Å². The SMILES string of the molecule is [B]N1Cc2c(C)cccc2C1=O. The lowest BCUT2D eigenvalue weighted by Gasteiger charge is -2.05. The third-order valence-electron chi connectivity index (χ3n) is 2.23. The Morgan fingerprint density at radius 3 is 2.92 bits per heavy atom. The Bertz CT molecular complexity index is 348. The number of carbonyl (C=O) groups is 1. The zero-order chi connectivity index (χ0) is 8.72. The minimum atomic E-state index is -0.0753. The Morgan fingerprint density at radius 2 is 2.25 bits per heavy atom. The van der Waals surface area contributed by atoms with Gasteiger partial charge in [0.15, 0.2) is 0 Å². The molecule has 3 heteroatoms. The van der Waals surface area contributed by atoms with Crippen molar-refractivity contribution in [3.05, 3.63) is 34.9 Å². The molecule has 0 atom stereocenters. The van der Waals surface area contributed by atoms with E-state index in [0.29, 0.717) is 6.54 Å². The van der Waals surface area contributed by atoms with Crippen LogP contribution in [-0.2, 0) is 6.54 Å². The molecule has 0 bridgehead atoms. The molecular weight excluding hydrogens is 149 g/mol. The van der Waals surface area contributed by atoms with Crippen LogP contribution in [0.2, 0.25) is 0 Å². The highest BCUT2D eigenvalue weighted by atomic mass is 16.2. The minimum absolute atomic E-state index is 0.0753. The fourth-order valence-corrected chi connectivity index (χ4v) is 1.51. The topological polar surface area (TPSA) is 20.3 Å². The molecule has 0 saturated carbocycles. The second-order valence-corrected chi connectivity index (χ2v) is 3.03. The molecule has 0 N–H and O–H groups in total.